The van der Waals surface area contributed by atoms with Gasteiger partial charge in [-0.15, -0.1) is 0 Å². The van der Waals surface area contributed by atoms with Crippen LogP contribution < -0.4 is 16.0 Å². The van der Waals surface area contributed by atoms with Gasteiger partial charge in [-0.05, 0) is 25.1 Å². The minimum Gasteiger partial charge on any atom is -0.383 e. The second-order valence-electron chi connectivity index (χ2n) is 3.38. The summed E-state index contributed by atoms with van der Waals surface area (Å²) in [6, 6.07) is -0.193. The van der Waals surface area contributed by atoms with Gasteiger partial charge in [-0.3, -0.25) is 4.79 Å². The van der Waals surface area contributed by atoms with Crippen molar-refractivity contribution in [2.45, 2.75) is 18.9 Å². The maximum Gasteiger partial charge on any atom is 0.242 e. The van der Waals surface area contributed by atoms with Gasteiger partial charge < -0.3 is 20.7 Å². The van der Waals surface area contributed by atoms with E-state index in [1.54, 1.807) is 7.11 Å². The fraction of sp³-hybridized carbons (Fsp3) is 0.778. The van der Waals surface area contributed by atoms with E-state index in [1.807, 2.05) is 0 Å². The molecular weight excluding hydrogens is 214 g/mol. The molecule has 1 amide bonds. The molecule has 1 saturated heterocycles. The second-order valence-corrected chi connectivity index (χ2v) is 3.79. The van der Waals surface area contributed by atoms with Crippen LogP contribution >= 0.6 is 12.2 Å². The summed E-state index contributed by atoms with van der Waals surface area (Å²) in [4.78, 5) is 11.4. The predicted molar refractivity (Wildman–Crippen MR) is 61.6 cm³/mol. The van der Waals surface area contributed by atoms with E-state index in [1.165, 1.54) is 0 Å². The SMILES string of the molecule is COCCNC(=S)NC1CCCNC1=O. The Hall–Kier alpha value is -0.880. The molecule has 1 unspecified atom stereocenters. The molecule has 0 radical (unpaired) electrons. The summed E-state index contributed by atoms with van der Waals surface area (Å²) >= 11 is 5.04. The number of rotatable bonds is 4. The number of amides is 1. The molecule has 1 aliphatic rings. The first-order valence-electron chi connectivity index (χ1n) is 5.05. The van der Waals surface area contributed by atoms with Crippen molar-refractivity contribution >= 4 is 23.2 Å². The fourth-order valence-corrected chi connectivity index (χ4v) is 1.63. The number of piperidine rings is 1. The van der Waals surface area contributed by atoms with Crippen molar-refractivity contribution in [3.63, 3.8) is 0 Å². The quantitative estimate of drug-likeness (QED) is 0.444. The molecule has 15 heavy (non-hydrogen) atoms. The lowest BCUT2D eigenvalue weighted by Gasteiger charge is -2.24. The van der Waals surface area contributed by atoms with Crippen LogP contribution in [0.1, 0.15) is 12.8 Å². The molecule has 0 bridgehead atoms. The Morgan fingerprint density at radius 3 is 3.20 bits per heavy atom. The van der Waals surface area contributed by atoms with Crippen molar-refractivity contribution in [3.05, 3.63) is 0 Å². The molecule has 1 fully saturated rings. The molecule has 0 aliphatic carbocycles. The lowest BCUT2D eigenvalue weighted by molar-refractivity contribution is -0.124. The third kappa shape index (κ3) is 4.44. The van der Waals surface area contributed by atoms with Gasteiger partial charge in [0.2, 0.25) is 5.91 Å². The topological polar surface area (TPSA) is 62.4 Å². The molecule has 0 aromatic heterocycles. The first-order valence-corrected chi connectivity index (χ1v) is 5.46. The van der Waals surface area contributed by atoms with Crippen molar-refractivity contribution in [2.24, 2.45) is 0 Å². The Morgan fingerprint density at radius 2 is 2.53 bits per heavy atom. The van der Waals surface area contributed by atoms with Gasteiger partial charge in [0, 0.05) is 20.2 Å². The average molecular weight is 231 g/mol. The van der Waals surface area contributed by atoms with Crippen molar-refractivity contribution in [2.75, 3.05) is 26.8 Å². The monoisotopic (exact) mass is 231 g/mol. The molecule has 0 spiro atoms. The normalized spacial score (nSPS) is 20.6. The van der Waals surface area contributed by atoms with Crippen molar-refractivity contribution in [1.82, 2.24) is 16.0 Å². The zero-order chi connectivity index (χ0) is 11.1. The highest BCUT2D eigenvalue weighted by molar-refractivity contribution is 7.80. The molecule has 5 nitrogen and oxygen atoms in total. The van der Waals surface area contributed by atoms with Crippen molar-refractivity contribution < 1.29 is 9.53 Å². The Morgan fingerprint density at radius 1 is 1.73 bits per heavy atom. The minimum absolute atomic E-state index is 0.0251. The molecule has 1 atom stereocenters. The molecule has 0 saturated carbocycles. The van der Waals surface area contributed by atoms with E-state index in [4.69, 9.17) is 17.0 Å². The molecule has 0 aromatic rings. The highest BCUT2D eigenvalue weighted by atomic mass is 32.1. The molecule has 1 aliphatic heterocycles. The van der Waals surface area contributed by atoms with Gasteiger partial charge in [-0.2, -0.15) is 0 Å². The number of carbonyl (C=O) groups excluding carboxylic acids is 1. The van der Waals surface area contributed by atoms with Crippen molar-refractivity contribution in [3.8, 4) is 0 Å². The fourth-order valence-electron chi connectivity index (χ4n) is 1.39. The van der Waals surface area contributed by atoms with Gasteiger partial charge in [0.25, 0.3) is 0 Å². The van der Waals surface area contributed by atoms with Crippen LogP contribution in [0.4, 0.5) is 0 Å². The Balaban J connectivity index is 2.21. The standard InChI is InChI=1S/C9H17N3O2S/c1-14-6-5-11-9(15)12-7-3-2-4-10-8(7)13/h7H,2-6H2,1H3,(H,10,13)(H2,11,12,15). The average Bonchev–Trinajstić information content (AvgIpc) is 2.22. The number of methoxy groups -OCH3 is 1. The maximum absolute atomic E-state index is 11.4. The highest BCUT2D eigenvalue weighted by Crippen LogP contribution is 2.02. The maximum atomic E-state index is 11.4. The van der Waals surface area contributed by atoms with Gasteiger partial charge in [-0.1, -0.05) is 0 Å². The Bertz CT molecular complexity index is 235. The smallest absolute Gasteiger partial charge is 0.242 e. The summed E-state index contributed by atoms with van der Waals surface area (Å²) < 4.78 is 4.87. The van der Waals surface area contributed by atoms with Crippen LogP contribution in [0.2, 0.25) is 0 Å². The summed E-state index contributed by atoms with van der Waals surface area (Å²) in [5.41, 5.74) is 0. The lowest BCUT2D eigenvalue weighted by atomic mass is 10.1. The molecule has 1 rings (SSSR count). The summed E-state index contributed by atoms with van der Waals surface area (Å²) in [5.74, 6) is 0.0251. The number of hydrogen-bond donors (Lipinski definition) is 3. The molecule has 0 aromatic carbocycles. The van der Waals surface area contributed by atoms with Crippen LogP contribution in [0, 0.1) is 0 Å². The number of nitrogens with one attached hydrogen (secondary N) is 3. The van der Waals surface area contributed by atoms with E-state index >= 15 is 0 Å². The zero-order valence-electron chi connectivity index (χ0n) is 8.84. The van der Waals surface area contributed by atoms with E-state index in [-0.39, 0.29) is 11.9 Å². The minimum atomic E-state index is -0.193. The van der Waals surface area contributed by atoms with E-state index in [0.29, 0.717) is 18.3 Å². The molecule has 86 valence electrons. The van der Waals surface area contributed by atoms with Gasteiger partial charge in [0.05, 0.1) is 6.61 Å². The number of ether oxygens (including phenoxy) is 1. The number of hydrogen-bond acceptors (Lipinski definition) is 3. The van der Waals surface area contributed by atoms with Crippen molar-refractivity contribution in [1.29, 1.82) is 0 Å². The first kappa shape index (κ1) is 12.2. The van der Waals surface area contributed by atoms with Gasteiger partial charge in [-0.25, -0.2) is 0 Å². The van der Waals surface area contributed by atoms with Gasteiger partial charge in [0.1, 0.15) is 6.04 Å². The predicted octanol–water partition coefficient (Wildman–Crippen LogP) is -0.624. The number of carbonyl (C=O) groups is 1. The first-order chi connectivity index (χ1) is 7.24. The van der Waals surface area contributed by atoms with Crippen LogP contribution in [-0.4, -0.2) is 43.9 Å². The summed E-state index contributed by atoms with van der Waals surface area (Å²) in [6.45, 7) is 2.01. The van der Waals surface area contributed by atoms with E-state index < -0.39 is 0 Å². The number of thiocarbonyl (C=S) groups is 1. The van der Waals surface area contributed by atoms with Crippen LogP contribution in [0.3, 0.4) is 0 Å². The third-order valence-corrected chi connectivity index (χ3v) is 2.44. The molecule has 1 heterocycles. The zero-order valence-corrected chi connectivity index (χ0v) is 9.65. The third-order valence-electron chi connectivity index (χ3n) is 2.18. The van der Waals surface area contributed by atoms with Crippen LogP contribution in [0.25, 0.3) is 0 Å². The highest BCUT2D eigenvalue weighted by Gasteiger charge is 2.21. The lowest BCUT2D eigenvalue weighted by Crippen LogP contribution is -2.52. The van der Waals surface area contributed by atoms with Gasteiger partial charge in [0.15, 0.2) is 5.11 Å². The van der Waals surface area contributed by atoms with E-state index in [0.717, 1.165) is 19.4 Å². The summed E-state index contributed by atoms with van der Waals surface area (Å²) in [6.07, 6.45) is 1.82. The van der Waals surface area contributed by atoms with Crippen LogP contribution in [0.15, 0.2) is 0 Å². The Kier molecular flexibility index (Phi) is 5.34. The van der Waals surface area contributed by atoms with Gasteiger partial charge >= 0.3 is 0 Å². The van der Waals surface area contributed by atoms with Crippen LogP contribution in [-0.2, 0) is 9.53 Å². The molecule has 6 heteroatoms. The van der Waals surface area contributed by atoms with E-state index in [2.05, 4.69) is 16.0 Å². The van der Waals surface area contributed by atoms with Crippen LogP contribution in [0.5, 0.6) is 0 Å². The summed E-state index contributed by atoms with van der Waals surface area (Å²) in [7, 11) is 1.63. The summed E-state index contributed by atoms with van der Waals surface area (Å²) in [5, 5.41) is 9.25. The Labute approximate surface area is 94.9 Å². The second kappa shape index (κ2) is 6.58. The largest absolute Gasteiger partial charge is 0.383 e. The molecule has 3 N–H and O–H groups in total. The molecular formula is C9H17N3O2S. The van der Waals surface area contributed by atoms with E-state index in [9.17, 15) is 4.79 Å².